The minimum Gasteiger partial charge on any atom is -0.363 e. The number of nitrogens with zero attached hydrogens (tertiary/aromatic N) is 1. The molecular formula is C16H13N3O4S. The number of benzene rings is 2. The molecule has 4 N–H and O–H groups in total. The van der Waals surface area contributed by atoms with Crippen molar-refractivity contribution in [2.24, 2.45) is 10.9 Å². The van der Waals surface area contributed by atoms with Gasteiger partial charge in [-0.25, -0.2) is 13.6 Å². The number of carbonyl (C=O) groups excluding carboxylic acids is 1. The molecule has 0 fully saturated rings. The molecule has 2 aromatic carbocycles. The fourth-order valence-corrected chi connectivity index (χ4v) is 2.85. The van der Waals surface area contributed by atoms with E-state index in [1.54, 1.807) is 0 Å². The van der Waals surface area contributed by atoms with Gasteiger partial charge in [-0.05, 0) is 17.7 Å². The number of primary sulfonamides is 1. The SMILES string of the molecule is NC(=O)c1onc(-c2ccccc2)c1-c1ccc(S(N)(=O)=O)cc1. The molecule has 1 amide bonds. The van der Waals surface area contributed by atoms with Crippen LogP contribution in [0.1, 0.15) is 10.6 Å². The Morgan fingerprint density at radius 1 is 0.958 bits per heavy atom. The first-order valence-corrected chi connectivity index (χ1v) is 8.40. The Kier molecular flexibility index (Phi) is 3.92. The molecule has 0 aliphatic heterocycles. The molecule has 0 atom stereocenters. The van der Waals surface area contributed by atoms with Crippen LogP contribution in [0, 0.1) is 0 Å². The second kappa shape index (κ2) is 5.91. The Labute approximate surface area is 137 Å². The van der Waals surface area contributed by atoms with Gasteiger partial charge in [-0.15, -0.1) is 0 Å². The Hall–Kier alpha value is -2.97. The lowest BCUT2D eigenvalue weighted by Crippen LogP contribution is -2.12. The first-order valence-electron chi connectivity index (χ1n) is 6.86. The molecule has 3 aromatic rings. The van der Waals surface area contributed by atoms with E-state index in [2.05, 4.69) is 5.16 Å². The maximum Gasteiger partial charge on any atom is 0.288 e. The Balaban J connectivity index is 2.19. The van der Waals surface area contributed by atoms with Crippen LogP contribution < -0.4 is 10.9 Å². The fourth-order valence-electron chi connectivity index (χ4n) is 2.33. The zero-order valence-electron chi connectivity index (χ0n) is 12.3. The summed E-state index contributed by atoms with van der Waals surface area (Å²) in [5.41, 5.74) is 7.46. The molecule has 7 nitrogen and oxygen atoms in total. The number of carbonyl (C=O) groups is 1. The number of primary amides is 1. The number of nitrogens with two attached hydrogens (primary N) is 2. The third-order valence-electron chi connectivity index (χ3n) is 3.43. The van der Waals surface area contributed by atoms with Crippen LogP contribution in [0.2, 0.25) is 0 Å². The van der Waals surface area contributed by atoms with Crippen molar-refractivity contribution in [1.29, 1.82) is 0 Å². The van der Waals surface area contributed by atoms with Crippen LogP contribution in [0.3, 0.4) is 0 Å². The summed E-state index contributed by atoms with van der Waals surface area (Å²) in [7, 11) is -3.81. The maximum atomic E-state index is 11.6. The Bertz CT molecular complexity index is 994. The van der Waals surface area contributed by atoms with E-state index in [0.717, 1.165) is 5.56 Å². The number of sulfonamides is 1. The van der Waals surface area contributed by atoms with Crippen molar-refractivity contribution >= 4 is 15.9 Å². The molecule has 0 radical (unpaired) electrons. The minimum absolute atomic E-state index is 0.0374. The third-order valence-corrected chi connectivity index (χ3v) is 4.36. The highest BCUT2D eigenvalue weighted by Crippen LogP contribution is 2.34. The van der Waals surface area contributed by atoms with Crippen LogP contribution in [0.4, 0.5) is 0 Å². The van der Waals surface area contributed by atoms with Gasteiger partial charge in [0, 0.05) is 5.56 Å². The van der Waals surface area contributed by atoms with E-state index < -0.39 is 15.9 Å². The fraction of sp³-hybridized carbons (Fsp3) is 0. The van der Waals surface area contributed by atoms with Gasteiger partial charge in [0.25, 0.3) is 5.91 Å². The molecule has 0 aliphatic rings. The average Bonchev–Trinajstić information content (AvgIpc) is 3.00. The van der Waals surface area contributed by atoms with Crippen molar-refractivity contribution < 1.29 is 17.7 Å². The van der Waals surface area contributed by atoms with E-state index in [0.29, 0.717) is 16.8 Å². The highest BCUT2D eigenvalue weighted by atomic mass is 32.2. The van der Waals surface area contributed by atoms with Crippen molar-refractivity contribution in [3.8, 4) is 22.4 Å². The normalized spacial score (nSPS) is 11.4. The molecule has 0 saturated heterocycles. The van der Waals surface area contributed by atoms with Gasteiger partial charge in [0.2, 0.25) is 15.8 Å². The lowest BCUT2D eigenvalue weighted by molar-refractivity contribution is 0.0966. The number of rotatable bonds is 4. The molecule has 1 heterocycles. The predicted octanol–water partition coefficient (Wildman–Crippen LogP) is 1.75. The molecule has 24 heavy (non-hydrogen) atoms. The summed E-state index contributed by atoms with van der Waals surface area (Å²) in [5, 5.41) is 9.03. The number of aromatic nitrogens is 1. The third kappa shape index (κ3) is 2.92. The van der Waals surface area contributed by atoms with Crippen molar-refractivity contribution in [1.82, 2.24) is 5.16 Å². The first kappa shape index (κ1) is 15.9. The number of amides is 1. The average molecular weight is 343 g/mol. The summed E-state index contributed by atoms with van der Waals surface area (Å²) in [4.78, 5) is 11.6. The minimum atomic E-state index is -3.81. The van der Waals surface area contributed by atoms with Crippen LogP contribution >= 0.6 is 0 Å². The van der Waals surface area contributed by atoms with Gasteiger partial charge >= 0.3 is 0 Å². The lowest BCUT2D eigenvalue weighted by atomic mass is 9.99. The second-order valence-corrected chi connectivity index (χ2v) is 6.60. The molecule has 3 rings (SSSR count). The van der Waals surface area contributed by atoms with Crippen LogP contribution in [-0.4, -0.2) is 19.5 Å². The molecule has 1 aromatic heterocycles. The van der Waals surface area contributed by atoms with Gasteiger partial charge in [0.15, 0.2) is 0 Å². The zero-order valence-corrected chi connectivity index (χ0v) is 13.2. The summed E-state index contributed by atoms with van der Waals surface area (Å²) in [5.74, 6) is -0.868. The molecule has 8 heteroatoms. The topological polar surface area (TPSA) is 129 Å². The van der Waals surface area contributed by atoms with Crippen molar-refractivity contribution in [3.05, 3.63) is 60.4 Å². The maximum absolute atomic E-state index is 11.6. The van der Waals surface area contributed by atoms with Crippen molar-refractivity contribution in [3.63, 3.8) is 0 Å². The lowest BCUT2D eigenvalue weighted by Gasteiger charge is -2.05. The van der Waals surface area contributed by atoms with Crippen LogP contribution in [-0.2, 0) is 10.0 Å². The summed E-state index contributed by atoms with van der Waals surface area (Å²) >= 11 is 0. The van der Waals surface area contributed by atoms with Gasteiger partial charge in [0.05, 0.1) is 10.5 Å². The quantitative estimate of drug-likeness (QED) is 0.745. The molecule has 0 bridgehead atoms. The molecule has 0 spiro atoms. The van der Waals surface area contributed by atoms with Crippen LogP contribution in [0.5, 0.6) is 0 Å². The molecule has 0 unspecified atom stereocenters. The van der Waals surface area contributed by atoms with E-state index in [1.807, 2.05) is 30.3 Å². The zero-order chi connectivity index (χ0) is 17.3. The number of hydrogen-bond donors (Lipinski definition) is 2. The van der Waals surface area contributed by atoms with E-state index in [4.69, 9.17) is 15.4 Å². The smallest absolute Gasteiger partial charge is 0.288 e. The predicted molar refractivity (Wildman–Crippen MR) is 87.3 cm³/mol. The summed E-state index contributed by atoms with van der Waals surface area (Å²) < 4.78 is 27.8. The van der Waals surface area contributed by atoms with Crippen molar-refractivity contribution in [2.45, 2.75) is 4.90 Å². The van der Waals surface area contributed by atoms with E-state index >= 15 is 0 Å². The van der Waals surface area contributed by atoms with Gasteiger partial charge < -0.3 is 10.3 Å². The van der Waals surface area contributed by atoms with E-state index in [9.17, 15) is 13.2 Å². The Morgan fingerprint density at radius 2 is 1.58 bits per heavy atom. The summed E-state index contributed by atoms with van der Waals surface area (Å²) in [6.45, 7) is 0. The van der Waals surface area contributed by atoms with Crippen LogP contribution in [0.15, 0.2) is 64.0 Å². The van der Waals surface area contributed by atoms with E-state index in [-0.39, 0.29) is 10.7 Å². The highest BCUT2D eigenvalue weighted by Gasteiger charge is 2.23. The van der Waals surface area contributed by atoms with Gasteiger partial charge in [-0.3, -0.25) is 4.79 Å². The highest BCUT2D eigenvalue weighted by molar-refractivity contribution is 7.89. The standard InChI is InChI=1S/C16H13N3O4S/c17-16(20)15-13(10-6-8-12(9-7-10)24(18,21)22)14(19-23-15)11-4-2-1-3-5-11/h1-9H,(H2,17,20)(H2,18,21,22). The van der Waals surface area contributed by atoms with Gasteiger partial charge in [0.1, 0.15) is 5.69 Å². The van der Waals surface area contributed by atoms with Crippen molar-refractivity contribution in [2.75, 3.05) is 0 Å². The van der Waals surface area contributed by atoms with Gasteiger partial charge in [-0.2, -0.15) is 0 Å². The molecular weight excluding hydrogens is 330 g/mol. The van der Waals surface area contributed by atoms with Crippen LogP contribution in [0.25, 0.3) is 22.4 Å². The summed E-state index contributed by atoms with van der Waals surface area (Å²) in [6, 6.07) is 14.8. The summed E-state index contributed by atoms with van der Waals surface area (Å²) in [6.07, 6.45) is 0. The number of hydrogen-bond acceptors (Lipinski definition) is 5. The molecule has 0 saturated carbocycles. The second-order valence-electron chi connectivity index (χ2n) is 5.03. The largest absolute Gasteiger partial charge is 0.363 e. The Morgan fingerprint density at radius 3 is 2.12 bits per heavy atom. The van der Waals surface area contributed by atoms with Gasteiger partial charge in [-0.1, -0.05) is 47.6 Å². The van der Waals surface area contributed by atoms with E-state index in [1.165, 1.54) is 24.3 Å². The molecule has 122 valence electrons. The molecule has 0 aliphatic carbocycles. The first-order chi connectivity index (χ1) is 11.4. The monoisotopic (exact) mass is 343 g/mol.